The Hall–Kier alpha value is -1.33. The van der Waals surface area contributed by atoms with Crippen LogP contribution in [0.15, 0.2) is 0 Å². The van der Waals surface area contributed by atoms with Crippen molar-refractivity contribution in [2.75, 3.05) is 6.54 Å². The molecule has 1 heterocycles. The van der Waals surface area contributed by atoms with Gasteiger partial charge in [0.15, 0.2) is 0 Å². The van der Waals surface area contributed by atoms with E-state index in [9.17, 15) is 14.0 Å². The van der Waals surface area contributed by atoms with E-state index in [1.54, 1.807) is 0 Å². The van der Waals surface area contributed by atoms with Crippen LogP contribution in [0.2, 0.25) is 0 Å². The summed E-state index contributed by atoms with van der Waals surface area (Å²) in [7, 11) is 0. The second-order valence-corrected chi connectivity index (χ2v) is 3.38. The lowest BCUT2D eigenvalue weighted by Crippen LogP contribution is -2.39. The molecule has 0 aromatic rings. The smallest absolute Gasteiger partial charge is 0.408 e. The zero-order chi connectivity index (χ0) is 10.2. The molecule has 6 heteroatoms. The number of rotatable bonds is 1. The van der Waals surface area contributed by atoms with Crippen molar-refractivity contribution >= 4 is 12.1 Å². The zero-order valence-corrected chi connectivity index (χ0v) is 7.03. The number of hydrogen-bond acceptors (Lipinski definition) is 2. The molecule has 0 radical (unpaired) electrons. The van der Waals surface area contributed by atoms with E-state index >= 15 is 0 Å². The first-order valence-corrected chi connectivity index (χ1v) is 3.75. The van der Waals surface area contributed by atoms with Crippen molar-refractivity contribution < 1.29 is 24.2 Å². The largest absolute Gasteiger partial charge is 0.480 e. The monoisotopic (exact) mass is 191 g/mol. The van der Waals surface area contributed by atoms with Crippen LogP contribution >= 0.6 is 0 Å². The summed E-state index contributed by atoms with van der Waals surface area (Å²) >= 11 is 0. The van der Waals surface area contributed by atoms with E-state index in [-0.39, 0.29) is 13.0 Å². The lowest BCUT2D eigenvalue weighted by Gasteiger charge is -2.16. The molecule has 1 unspecified atom stereocenters. The maximum Gasteiger partial charge on any atom is 0.408 e. The van der Waals surface area contributed by atoms with Crippen molar-refractivity contribution in [3.63, 3.8) is 0 Å². The van der Waals surface area contributed by atoms with Crippen molar-refractivity contribution in [3.05, 3.63) is 0 Å². The summed E-state index contributed by atoms with van der Waals surface area (Å²) in [6, 6.07) is -1.26. The Morgan fingerprint density at radius 2 is 2.08 bits per heavy atom. The fraction of sp³-hybridized carbons (Fsp3) is 0.714. The number of halogens is 1. The fourth-order valence-electron chi connectivity index (χ4n) is 1.46. The topological polar surface area (TPSA) is 77.8 Å². The van der Waals surface area contributed by atoms with Gasteiger partial charge in [0.25, 0.3) is 0 Å². The van der Waals surface area contributed by atoms with E-state index in [1.165, 1.54) is 6.92 Å². The molecule has 2 N–H and O–H groups in total. The lowest BCUT2D eigenvalue weighted by atomic mass is 10.1. The molecule has 1 saturated heterocycles. The number of hydrogen-bond donors (Lipinski definition) is 2. The first-order chi connectivity index (χ1) is 5.83. The number of likely N-dealkylation sites (tertiary alicyclic amines) is 1. The Balaban J connectivity index is 2.83. The molecule has 0 spiro atoms. The summed E-state index contributed by atoms with van der Waals surface area (Å²) in [5, 5.41) is 17.2. The van der Waals surface area contributed by atoms with Crippen LogP contribution in [0.5, 0.6) is 0 Å². The molecule has 1 aliphatic rings. The van der Waals surface area contributed by atoms with Gasteiger partial charge in [-0.1, -0.05) is 0 Å². The second kappa shape index (κ2) is 2.86. The van der Waals surface area contributed by atoms with Gasteiger partial charge < -0.3 is 10.2 Å². The minimum atomic E-state index is -1.73. The SMILES string of the molecule is CC1(F)C[C@H](C(=O)O)N(C(=O)O)C1. The molecule has 1 amide bonds. The molecule has 5 nitrogen and oxygen atoms in total. The van der Waals surface area contributed by atoms with Gasteiger partial charge in [0, 0.05) is 6.42 Å². The quantitative estimate of drug-likeness (QED) is 0.634. The minimum Gasteiger partial charge on any atom is -0.480 e. The third-order valence-electron chi connectivity index (χ3n) is 2.03. The van der Waals surface area contributed by atoms with Gasteiger partial charge in [-0.05, 0) is 6.92 Å². The van der Waals surface area contributed by atoms with Gasteiger partial charge in [-0.15, -0.1) is 0 Å². The van der Waals surface area contributed by atoms with Crippen LogP contribution < -0.4 is 0 Å². The van der Waals surface area contributed by atoms with E-state index in [0.717, 1.165) is 0 Å². The van der Waals surface area contributed by atoms with Gasteiger partial charge in [0.2, 0.25) is 0 Å². The van der Waals surface area contributed by atoms with Crippen LogP contribution in [0.25, 0.3) is 0 Å². The molecule has 1 rings (SSSR count). The van der Waals surface area contributed by atoms with Gasteiger partial charge in [-0.2, -0.15) is 0 Å². The average molecular weight is 191 g/mol. The number of nitrogens with zero attached hydrogens (tertiary/aromatic N) is 1. The average Bonchev–Trinajstić information content (AvgIpc) is 2.26. The molecule has 0 aromatic heterocycles. The highest BCUT2D eigenvalue weighted by molar-refractivity contribution is 5.80. The highest BCUT2D eigenvalue weighted by Gasteiger charge is 2.46. The van der Waals surface area contributed by atoms with Gasteiger partial charge in [0.1, 0.15) is 11.7 Å². The number of alkyl halides is 1. The predicted octanol–water partition coefficient (Wildman–Crippen LogP) is 0.552. The summed E-state index contributed by atoms with van der Waals surface area (Å²) in [5.74, 6) is -1.30. The zero-order valence-electron chi connectivity index (χ0n) is 7.03. The van der Waals surface area contributed by atoms with Crippen molar-refractivity contribution in [2.45, 2.75) is 25.1 Å². The summed E-state index contributed by atoms with van der Waals surface area (Å²) in [5.41, 5.74) is -1.73. The molecule has 74 valence electrons. The standard InChI is InChI=1S/C7H10FNO4/c1-7(8)2-4(5(10)11)9(3-7)6(12)13/h4H,2-3H2,1H3,(H,10,11)(H,12,13)/t4-,7?/m1/s1. The molecule has 0 aliphatic carbocycles. The lowest BCUT2D eigenvalue weighted by molar-refractivity contribution is -0.141. The minimum absolute atomic E-state index is 0.283. The third-order valence-corrected chi connectivity index (χ3v) is 2.03. The Morgan fingerprint density at radius 3 is 2.38 bits per heavy atom. The molecule has 1 aliphatic heterocycles. The first kappa shape index (κ1) is 9.76. The number of carboxylic acids is 1. The van der Waals surface area contributed by atoms with E-state index in [1.807, 2.05) is 0 Å². The van der Waals surface area contributed by atoms with Crippen molar-refractivity contribution in [1.82, 2.24) is 4.90 Å². The molecule has 1 fully saturated rings. The fourth-order valence-corrected chi connectivity index (χ4v) is 1.46. The molecule has 0 aromatic carbocycles. The predicted molar refractivity (Wildman–Crippen MR) is 40.3 cm³/mol. The normalized spacial score (nSPS) is 33.4. The van der Waals surface area contributed by atoms with E-state index in [4.69, 9.17) is 10.2 Å². The number of carbonyl (C=O) groups is 2. The van der Waals surface area contributed by atoms with Crippen LogP contribution in [-0.2, 0) is 4.79 Å². The molecule has 2 atom stereocenters. The van der Waals surface area contributed by atoms with Crippen LogP contribution in [0.1, 0.15) is 13.3 Å². The summed E-state index contributed by atoms with van der Waals surface area (Å²) in [4.78, 5) is 21.6. The van der Waals surface area contributed by atoms with Gasteiger partial charge in [0.05, 0.1) is 6.54 Å². The van der Waals surface area contributed by atoms with Crippen molar-refractivity contribution in [3.8, 4) is 0 Å². The highest BCUT2D eigenvalue weighted by Crippen LogP contribution is 2.30. The van der Waals surface area contributed by atoms with Crippen LogP contribution in [0.3, 0.4) is 0 Å². The molecule has 0 bridgehead atoms. The van der Waals surface area contributed by atoms with Crippen molar-refractivity contribution in [2.24, 2.45) is 0 Å². The second-order valence-electron chi connectivity index (χ2n) is 3.38. The molecular formula is C7H10FNO4. The third kappa shape index (κ3) is 1.88. The maximum atomic E-state index is 13.3. The summed E-state index contributed by atoms with van der Waals surface area (Å²) < 4.78 is 13.3. The molecule has 13 heavy (non-hydrogen) atoms. The number of aliphatic carboxylic acids is 1. The van der Waals surface area contributed by atoms with E-state index in [0.29, 0.717) is 4.90 Å². The summed E-state index contributed by atoms with van der Waals surface area (Å²) in [6.07, 6.45) is -1.68. The Labute approximate surface area is 73.8 Å². The van der Waals surface area contributed by atoms with Gasteiger partial charge in [-0.3, -0.25) is 4.90 Å². The van der Waals surface area contributed by atoms with Crippen molar-refractivity contribution in [1.29, 1.82) is 0 Å². The molecule has 0 saturated carbocycles. The van der Waals surface area contributed by atoms with Gasteiger partial charge in [-0.25, -0.2) is 14.0 Å². The number of carboxylic acid groups (broad SMARTS) is 2. The van der Waals surface area contributed by atoms with Crippen LogP contribution in [0, 0.1) is 0 Å². The number of amides is 1. The maximum absolute atomic E-state index is 13.3. The van der Waals surface area contributed by atoms with E-state index in [2.05, 4.69) is 0 Å². The summed E-state index contributed by atoms with van der Waals surface area (Å²) in [6.45, 7) is 0.825. The highest BCUT2D eigenvalue weighted by atomic mass is 19.1. The Kier molecular flexibility index (Phi) is 2.15. The van der Waals surface area contributed by atoms with Crippen LogP contribution in [-0.4, -0.2) is 45.4 Å². The van der Waals surface area contributed by atoms with E-state index < -0.39 is 23.8 Å². The van der Waals surface area contributed by atoms with Crippen LogP contribution in [0.4, 0.5) is 9.18 Å². The Morgan fingerprint density at radius 1 is 1.54 bits per heavy atom. The Bertz CT molecular complexity index is 229. The van der Waals surface area contributed by atoms with Gasteiger partial charge >= 0.3 is 12.1 Å². The molecular weight excluding hydrogens is 181 g/mol. The first-order valence-electron chi connectivity index (χ1n) is 3.75.